The van der Waals surface area contributed by atoms with Gasteiger partial charge in [0.25, 0.3) is 0 Å². The molecule has 0 bridgehead atoms. The van der Waals surface area contributed by atoms with E-state index in [0.717, 1.165) is 10.8 Å². The molecule has 0 aliphatic carbocycles. The Labute approximate surface area is 164 Å². The van der Waals surface area contributed by atoms with Crippen molar-refractivity contribution in [2.24, 2.45) is 5.92 Å². The molecule has 2 aromatic carbocycles. The van der Waals surface area contributed by atoms with Crippen LogP contribution in [0.1, 0.15) is 32.4 Å². The first-order valence-corrected chi connectivity index (χ1v) is 8.80. The summed E-state index contributed by atoms with van der Waals surface area (Å²) in [4.78, 5) is 37.1. The van der Waals surface area contributed by atoms with Crippen molar-refractivity contribution >= 4 is 28.8 Å². The molecule has 28 heavy (non-hydrogen) atoms. The Balaban J connectivity index is 2.50. The van der Waals surface area contributed by atoms with Gasteiger partial charge in [0.1, 0.15) is 5.60 Å². The summed E-state index contributed by atoms with van der Waals surface area (Å²) in [6.07, 6.45) is -0.761. The van der Waals surface area contributed by atoms with E-state index in [1.165, 1.54) is 14.2 Å². The summed E-state index contributed by atoms with van der Waals surface area (Å²) >= 11 is 0. The Morgan fingerprint density at radius 1 is 0.893 bits per heavy atom. The van der Waals surface area contributed by atoms with Gasteiger partial charge in [0.15, 0.2) is 5.92 Å². The topological polar surface area (TPSA) is 90.9 Å². The van der Waals surface area contributed by atoms with E-state index in [1.54, 1.807) is 32.9 Å². The molecule has 2 aromatic rings. The van der Waals surface area contributed by atoms with Gasteiger partial charge in [-0.1, -0.05) is 36.4 Å². The highest BCUT2D eigenvalue weighted by atomic mass is 16.6. The third kappa shape index (κ3) is 5.22. The van der Waals surface area contributed by atoms with Gasteiger partial charge < -0.3 is 19.5 Å². The fourth-order valence-electron chi connectivity index (χ4n) is 2.82. The highest BCUT2D eigenvalue weighted by Gasteiger charge is 2.39. The number of hydrogen-bond acceptors (Lipinski definition) is 6. The molecule has 150 valence electrons. The van der Waals surface area contributed by atoms with Crippen LogP contribution in [0.2, 0.25) is 0 Å². The van der Waals surface area contributed by atoms with Crippen LogP contribution >= 0.6 is 0 Å². The quantitative estimate of drug-likeness (QED) is 0.481. The lowest BCUT2D eigenvalue weighted by Crippen LogP contribution is -2.43. The summed E-state index contributed by atoms with van der Waals surface area (Å²) in [5.74, 6) is -3.02. The molecule has 1 amide bonds. The molecule has 0 radical (unpaired) electrons. The number of esters is 2. The number of alkyl carbamates (subject to hydrolysis) is 1. The zero-order chi connectivity index (χ0) is 20.9. The van der Waals surface area contributed by atoms with Gasteiger partial charge in [-0.3, -0.25) is 9.59 Å². The van der Waals surface area contributed by atoms with Crippen LogP contribution in [-0.4, -0.2) is 37.9 Å². The number of carbonyl (C=O) groups is 3. The smallest absolute Gasteiger partial charge is 0.408 e. The van der Waals surface area contributed by atoms with Crippen molar-refractivity contribution in [2.75, 3.05) is 14.2 Å². The van der Waals surface area contributed by atoms with E-state index in [1.807, 2.05) is 30.3 Å². The fraction of sp³-hybridized carbons (Fsp3) is 0.381. The van der Waals surface area contributed by atoms with Gasteiger partial charge in [-0.2, -0.15) is 0 Å². The van der Waals surface area contributed by atoms with E-state index < -0.39 is 35.6 Å². The lowest BCUT2D eigenvalue weighted by molar-refractivity contribution is -0.160. The highest BCUT2D eigenvalue weighted by molar-refractivity contribution is 5.96. The lowest BCUT2D eigenvalue weighted by Gasteiger charge is -2.27. The predicted octanol–water partition coefficient (Wildman–Crippen LogP) is 3.37. The number of hydrogen-bond donors (Lipinski definition) is 1. The second-order valence-electron chi connectivity index (χ2n) is 7.25. The van der Waals surface area contributed by atoms with Crippen LogP contribution in [0.3, 0.4) is 0 Å². The van der Waals surface area contributed by atoms with Crippen LogP contribution in [0.4, 0.5) is 4.79 Å². The maximum Gasteiger partial charge on any atom is 0.408 e. The second-order valence-corrected chi connectivity index (χ2v) is 7.25. The molecule has 2 rings (SSSR count). The first-order valence-electron chi connectivity index (χ1n) is 8.80. The summed E-state index contributed by atoms with van der Waals surface area (Å²) in [6.45, 7) is 5.15. The summed E-state index contributed by atoms with van der Waals surface area (Å²) < 4.78 is 14.9. The molecule has 0 spiro atoms. The number of fused-ring (bicyclic) bond motifs is 1. The van der Waals surface area contributed by atoms with Crippen molar-refractivity contribution in [1.82, 2.24) is 5.32 Å². The van der Waals surface area contributed by atoms with Gasteiger partial charge in [-0.15, -0.1) is 0 Å². The standard InChI is InChI=1S/C21H25NO6/c1-21(2,3)28-20(25)22-17(16(18(23)26-4)19(24)27-5)15-11-10-13-8-6-7-9-14(13)12-15/h6-12,16-17H,1-5H3,(H,22,25)/t17-/m0/s1. The summed E-state index contributed by atoms with van der Waals surface area (Å²) in [5, 5.41) is 4.50. The maximum absolute atomic E-state index is 12.4. The largest absolute Gasteiger partial charge is 0.468 e. The SMILES string of the molecule is COC(=O)C(C(=O)OC)[C@@H](NC(=O)OC(C)(C)C)c1ccc2ccccc2c1. The number of nitrogens with one attached hydrogen (secondary N) is 1. The predicted molar refractivity (Wildman–Crippen MR) is 104 cm³/mol. The number of amides is 1. The van der Waals surface area contributed by atoms with Gasteiger partial charge in [-0.25, -0.2) is 4.79 Å². The van der Waals surface area contributed by atoms with E-state index >= 15 is 0 Å². The Morgan fingerprint density at radius 3 is 2.00 bits per heavy atom. The number of rotatable bonds is 5. The van der Waals surface area contributed by atoms with Gasteiger partial charge in [0, 0.05) is 0 Å². The van der Waals surface area contributed by atoms with Gasteiger partial charge >= 0.3 is 18.0 Å². The maximum atomic E-state index is 12.4. The minimum absolute atomic E-state index is 0.547. The Morgan fingerprint density at radius 2 is 1.46 bits per heavy atom. The number of carbonyl (C=O) groups excluding carboxylic acids is 3. The van der Waals surface area contributed by atoms with E-state index in [2.05, 4.69) is 5.32 Å². The van der Waals surface area contributed by atoms with E-state index in [9.17, 15) is 14.4 Å². The third-order valence-electron chi connectivity index (χ3n) is 4.05. The molecule has 7 nitrogen and oxygen atoms in total. The van der Waals surface area contributed by atoms with Crippen molar-refractivity contribution in [3.8, 4) is 0 Å². The third-order valence-corrected chi connectivity index (χ3v) is 4.05. The van der Waals surface area contributed by atoms with Crippen molar-refractivity contribution in [1.29, 1.82) is 0 Å². The molecule has 0 unspecified atom stereocenters. The van der Waals surface area contributed by atoms with Crippen LogP contribution in [0, 0.1) is 5.92 Å². The molecule has 0 aliphatic heterocycles. The van der Waals surface area contributed by atoms with Gasteiger partial charge in [0.05, 0.1) is 20.3 Å². The first-order chi connectivity index (χ1) is 13.2. The Bertz CT molecular complexity index is 855. The monoisotopic (exact) mass is 387 g/mol. The van der Waals surface area contributed by atoms with Gasteiger partial charge in [0.2, 0.25) is 0 Å². The Kier molecular flexibility index (Phi) is 6.62. The van der Waals surface area contributed by atoms with E-state index in [4.69, 9.17) is 14.2 Å². The molecule has 0 saturated carbocycles. The van der Waals surface area contributed by atoms with E-state index in [0.29, 0.717) is 5.56 Å². The van der Waals surface area contributed by atoms with Crippen LogP contribution in [0.25, 0.3) is 10.8 Å². The highest BCUT2D eigenvalue weighted by Crippen LogP contribution is 2.28. The molecular weight excluding hydrogens is 362 g/mol. The van der Waals surface area contributed by atoms with Crippen LogP contribution in [0.15, 0.2) is 42.5 Å². The molecule has 1 atom stereocenters. The normalized spacial score (nSPS) is 12.4. The van der Waals surface area contributed by atoms with Crippen molar-refractivity contribution < 1.29 is 28.6 Å². The minimum atomic E-state index is -1.39. The summed E-state index contributed by atoms with van der Waals surface area (Å²) in [7, 11) is 2.34. The van der Waals surface area contributed by atoms with Crippen LogP contribution < -0.4 is 5.32 Å². The van der Waals surface area contributed by atoms with Crippen molar-refractivity contribution in [3.05, 3.63) is 48.0 Å². The fourth-order valence-corrected chi connectivity index (χ4v) is 2.82. The zero-order valence-electron chi connectivity index (χ0n) is 16.6. The molecule has 7 heteroatoms. The first kappa shape index (κ1) is 21.2. The molecule has 0 fully saturated rings. The number of methoxy groups -OCH3 is 2. The van der Waals surface area contributed by atoms with E-state index in [-0.39, 0.29) is 0 Å². The zero-order valence-corrected chi connectivity index (χ0v) is 16.6. The minimum Gasteiger partial charge on any atom is -0.468 e. The number of benzene rings is 2. The molecular formula is C21H25NO6. The molecule has 0 saturated heterocycles. The second kappa shape index (κ2) is 8.73. The molecule has 0 aromatic heterocycles. The van der Waals surface area contributed by atoms with Crippen molar-refractivity contribution in [3.63, 3.8) is 0 Å². The molecule has 0 heterocycles. The average Bonchev–Trinajstić information content (AvgIpc) is 2.65. The number of ether oxygens (including phenoxy) is 3. The average molecular weight is 387 g/mol. The summed E-state index contributed by atoms with van der Waals surface area (Å²) in [6, 6.07) is 12.0. The van der Waals surface area contributed by atoms with Crippen LogP contribution in [0.5, 0.6) is 0 Å². The Hall–Kier alpha value is -3.09. The molecule has 0 aliphatic rings. The van der Waals surface area contributed by atoms with Crippen molar-refractivity contribution in [2.45, 2.75) is 32.4 Å². The summed E-state index contributed by atoms with van der Waals surface area (Å²) in [5.41, 5.74) is -0.199. The molecule has 1 N–H and O–H groups in total. The lowest BCUT2D eigenvalue weighted by atomic mass is 9.91. The van der Waals surface area contributed by atoms with Crippen LogP contribution in [-0.2, 0) is 23.8 Å². The van der Waals surface area contributed by atoms with Gasteiger partial charge in [-0.05, 0) is 43.2 Å².